The standard InChI is InChI=1S/C23H31NO3S2/c1-16(12-22(25)26)17-8-10-19(11-9-17)24-23(27)18-13-20(28(2,3)4)15-21(14-18)29(5,6)7/h8-15H,1-7H3,(H,24,27)(H,25,26)/b16-12+. The van der Waals surface area contributed by atoms with E-state index < -0.39 is 26.0 Å². The molecule has 0 aromatic heterocycles. The second-order valence-electron chi connectivity index (χ2n) is 8.56. The normalized spacial score (nSPS) is 13.7. The topological polar surface area (TPSA) is 66.4 Å². The number of aliphatic carboxylic acids is 1. The minimum absolute atomic E-state index is 0.133. The second kappa shape index (κ2) is 8.67. The number of amides is 1. The van der Waals surface area contributed by atoms with Crippen LogP contribution in [0.1, 0.15) is 22.8 Å². The van der Waals surface area contributed by atoms with Crippen molar-refractivity contribution < 1.29 is 14.7 Å². The van der Waals surface area contributed by atoms with Crippen LogP contribution in [0.2, 0.25) is 0 Å². The van der Waals surface area contributed by atoms with Gasteiger partial charge in [-0.2, -0.15) is 0 Å². The smallest absolute Gasteiger partial charge is 0.328 e. The van der Waals surface area contributed by atoms with Crippen molar-refractivity contribution in [1.29, 1.82) is 0 Å². The van der Waals surface area contributed by atoms with Crippen LogP contribution in [0.5, 0.6) is 0 Å². The first-order chi connectivity index (χ1) is 13.3. The average molecular weight is 434 g/mol. The summed E-state index contributed by atoms with van der Waals surface area (Å²) in [5, 5.41) is 11.8. The Morgan fingerprint density at radius 1 is 0.828 bits per heavy atom. The summed E-state index contributed by atoms with van der Waals surface area (Å²) in [5.74, 6) is -1.11. The molecule has 2 N–H and O–H groups in total. The van der Waals surface area contributed by atoms with Gasteiger partial charge in [-0.15, -0.1) is 0 Å². The molecule has 1 amide bonds. The summed E-state index contributed by atoms with van der Waals surface area (Å²) >= 11 is 0. The molecule has 158 valence electrons. The van der Waals surface area contributed by atoms with Gasteiger partial charge in [-0.1, -0.05) is 12.1 Å². The number of allylic oxidation sites excluding steroid dienone is 1. The minimum Gasteiger partial charge on any atom is -0.478 e. The largest absolute Gasteiger partial charge is 0.478 e. The maximum atomic E-state index is 13.0. The zero-order chi connectivity index (χ0) is 22.0. The molecule has 0 bridgehead atoms. The van der Waals surface area contributed by atoms with Gasteiger partial charge in [-0.05, 0) is 95.7 Å². The molecular formula is C23H31NO3S2. The molecule has 0 spiro atoms. The van der Waals surface area contributed by atoms with Crippen molar-refractivity contribution in [3.05, 3.63) is 59.7 Å². The van der Waals surface area contributed by atoms with Crippen LogP contribution in [-0.2, 0) is 4.79 Å². The minimum atomic E-state index is -0.975. The quantitative estimate of drug-likeness (QED) is 0.588. The lowest BCUT2D eigenvalue weighted by molar-refractivity contribution is -0.131. The number of hydrogen-bond donors (Lipinski definition) is 2. The molecule has 0 aliphatic heterocycles. The summed E-state index contributed by atoms with van der Waals surface area (Å²) < 4.78 is 0. The molecule has 0 atom stereocenters. The van der Waals surface area contributed by atoms with Crippen LogP contribution >= 0.6 is 20.1 Å². The number of anilines is 1. The molecule has 0 fully saturated rings. The van der Waals surface area contributed by atoms with Gasteiger partial charge in [-0.25, -0.2) is 24.9 Å². The van der Waals surface area contributed by atoms with Gasteiger partial charge in [-0.3, -0.25) is 4.79 Å². The first-order valence-corrected chi connectivity index (χ1v) is 14.8. The van der Waals surface area contributed by atoms with Crippen molar-refractivity contribution in [3.63, 3.8) is 0 Å². The van der Waals surface area contributed by atoms with Gasteiger partial charge in [0.05, 0.1) is 0 Å². The fraction of sp³-hybridized carbons (Fsp3) is 0.304. The third kappa shape index (κ3) is 6.41. The monoisotopic (exact) mass is 433 g/mol. The van der Waals surface area contributed by atoms with Crippen LogP contribution in [0.25, 0.3) is 5.57 Å². The van der Waals surface area contributed by atoms with Gasteiger partial charge in [0.15, 0.2) is 0 Å². The van der Waals surface area contributed by atoms with Crippen molar-refractivity contribution in [3.8, 4) is 0 Å². The van der Waals surface area contributed by atoms with E-state index in [1.54, 1.807) is 19.1 Å². The summed E-state index contributed by atoms with van der Waals surface area (Å²) in [4.78, 5) is 26.2. The van der Waals surface area contributed by atoms with Crippen molar-refractivity contribution in [2.45, 2.75) is 16.7 Å². The van der Waals surface area contributed by atoms with E-state index in [9.17, 15) is 9.59 Å². The molecule has 0 aliphatic carbocycles. The van der Waals surface area contributed by atoms with Crippen LogP contribution in [0, 0.1) is 0 Å². The Bertz CT molecular complexity index is 917. The van der Waals surface area contributed by atoms with Gasteiger partial charge in [0, 0.05) is 17.3 Å². The molecule has 0 radical (unpaired) electrons. The van der Waals surface area contributed by atoms with E-state index in [0.717, 1.165) is 5.56 Å². The fourth-order valence-corrected chi connectivity index (χ4v) is 4.69. The maximum Gasteiger partial charge on any atom is 0.328 e. The van der Waals surface area contributed by atoms with Gasteiger partial charge in [0.1, 0.15) is 0 Å². The van der Waals surface area contributed by atoms with Gasteiger partial charge >= 0.3 is 5.97 Å². The van der Waals surface area contributed by atoms with E-state index in [4.69, 9.17) is 5.11 Å². The zero-order valence-electron chi connectivity index (χ0n) is 18.2. The SMILES string of the molecule is C/C(=C\C(=O)O)c1ccc(NC(=O)c2cc(S(C)(C)C)cc(S(C)(C)C)c2)cc1. The molecule has 0 heterocycles. The third-order valence-corrected chi connectivity index (χ3v) is 7.79. The van der Waals surface area contributed by atoms with Crippen LogP contribution in [0.3, 0.4) is 0 Å². The Hall–Kier alpha value is -2.18. The Morgan fingerprint density at radius 2 is 1.31 bits per heavy atom. The first-order valence-electron chi connectivity index (χ1n) is 9.12. The van der Waals surface area contributed by atoms with Crippen LogP contribution in [0.15, 0.2) is 58.3 Å². The van der Waals surface area contributed by atoms with E-state index in [2.05, 4.69) is 48.9 Å². The number of carboxylic acids is 1. The summed E-state index contributed by atoms with van der Waals surface area (Å²) in [6.07, 6.45) is 14.6. The number of nitrogens with one attached hydrogen (secondary N) is 1. The highest BCUT2D eigenvalue weighted by Gasteiger charge is 2.18. The van der Waals surface area contributed by atoms with Crippen molar-refractivity contribution in [1.82, 2.24) is 0 Å². The molecule has 2 aromatic carbocycles. The Morgan fingerprint density at radius 3 is 1.72 bits per heavy atom. The lowest BCUT2D eigenvalue weighted by Crippen LogP contribution is -2.13. The van der Waals surface area contributed by atoms with Crippen LogP contribution in [-0.4, -0.2) is 54.5 Å². The number of carboxylic acid groups (broad SMARTS) is 1. The lowest BCUT2D eigenvalue weighted by Gasteiger charge is -2.31. The Labute approximate surface area is 177 Å². The molecule has 6 heteroatoms. The number of carbonyl (C=O) groups excluding carboxylic acids is 1. The molecule has 0 saturated carbocycles. The molecule has 0 aliphatic rings. The highest BCUT2D eigenvalue weighted by atomic mass is 32.3. The van der Waals surface area contributed by atoms with Crippen LogP contribution in [0.4, 0.5) is 5.69 Å². The number of hydrogen-bond acceptors (Lipinski definition) is 2. The maximum absolute atomic E-state index is 13.0. The molecule has 2 aromatic rings. The molecule has 29 heavy (non-hydrogen) atoms. The van der Waals surface area contributed by atoms with E-state index in [1.165, 1.54) is 15.9 Å². The number of carbonyl (C=O) groups is 2. The third-order valence-electron chi connectivity index (χ3n) is 4.49. The fourth-order valence-electron chi connectivity index (χ4n) is 2.70. The molecule has 0 saturated heterocycles. The molecule has 4 nitrogen and oxygen atoms in total. The Balaban J connectivity index is 2.32. The molecular weight excluding hydrogens is 402 g/mol. The van der Waals surface area contributed by atoms with E-state index in [0.29, 0.717) is 16.8 Å². The van der Waals surface area contributed by atoms with Crippen LogP contribution < -0.4 is 5.32 Å². The number of rotatable bonds is 6. The highest BCUT2D eigenvalue weighted by Crippen LogP contribution is 2.51. The predicted octanol–water partition coefficient (Wildman–Crippen LogP) is 5.53. The van der Waals surface area contributed by atoms with E-state index in [-0.39, 0.29) is 5.91 Å². The first kappa shape index (κ1) is 23.1. The van der Waals surface area contributed by atoms with E-state index >= 15 is 0 Å². The lowest BCUT2D eigenvalue weighted by atomic mass is 10.1. The van der Waals surface area contributed by atoms with Crippen molar-refractivity contribution in [2.24, 2.45) is 0 Å². The van der Waals surface area contributed by atoms with Gasteiger partial charge in [0.25, 0.3) is 5.91 Å². The highest BCUT2D eigenvalue weighted by molar-refractivity contribution is 8.32. The molecule has 0 unspecified atom stereocenters. The summed E-state index contributed by atoms with van der Waals surface area (Å²) in [6.45, 7) is 1.75. The number of benzene rings is 2. The van der Waals surface area contributed by atoms with Gasteiger partial charge < -0.3 is 10.4 Å². The summed E-state index contributed by atoms with van der Waals surface area (Å²) in [5.41, 5.74) is 2.82. The van der Waals surface area contributed by atoms with Crippen molar-refractivity contribution >= 4 is 43.2 Å². The van der Waals surface area contributed by atoms with Gasteiger partial charge in [0.2, 0.25) is 0 Å². The molecule has 2 rings (SSSR count). The van der Waals surface area contributed by atoms with E-state index in [1.807, 2.05) is 24.3 Å². The average Bonchev–Trinajstić information content (AvgIpc) is 2.59. The Kier molecular flexibility index (Phi) is 6.91. The summed E-state index contributed by atoms with van der Waals surface area (Å²) in [7, 11) is -1.92. The second-order valence-corrected chi connectivity index (χ2v) is 16.9. The predicted molar refractivity (Wildman–Crippen MR) is 129 cm³/mol. The zero-order valence-corrected chi connectivity index (χ0v) is 19.8. The van der Waals surface area contributed by atoms with Crippen molar-refractivity contribution in [2.75, 3.05) is 42.9 Å². The summed E-state index contributed by atoms with van der Waals surface area (Å²) in [6, 6.07) is 13.5.